The van der Waals surface area contributed by atoms with E-state index >= 15 is 0 Å². The van der Waals surface area contributed by atoms with Crippen molar-refractivity contribution < 1.29 is 0 Å². The van der Waals surface area contributed by atoms with Crippen molar-refractivity contribution in [3.63, 3.8) is 0 Å². The zero-order valence-electron chi connectivity index (χ0n) is 14.4. The van der Waals surface area contributed by atoms with E-state index in [9.17, 15) is 0 Å². The molecule has 0 spiro atoms. The van der Waals surface area contributed by atoms with Gasteiger partial charge in [-0.1, -0.05) is 15.9 Å². The van der Waals surface area contributed by atoms with Gasteiger partial charge in [-0.05, 0) is 38.1 Å². The van der Waals surface area contributed by atoms with Gasteiger partial charge in [0.05, 0.1) is 35.6 Å². The van der Waals surface area contributed by atoms with E-state index in [0.29, 0.717) is 13.1 Å². The Morgan fingerprint density at radius 2 is 2.04 bits per heavy atom. The maximum absolute atomic E-state index is 4.83. The maximum Gasteiger partial charge on any atom is 0.172 e. The van der Waals surface area contributed by atoms with Crippen LogP contribution in [0, 0.1) is 13.8 Å². The molecule has 0 saturated heterocycles. The summed E-state index contributed by atoms with van der Waals surface area (Å²) >= 11 is 3.58. The molecule has 0 N–H and O–H groups in total. The van der Waals surface area contributed by atoms with Crippen molar-refractivity contribution in [2.45, 2.75) is 26.9 Å². The molecule has 0 atom stereocenters. The lowest BCUT2D eigenvalue weighted by Crippen LogP contribution is -2.07. The number of benzene rings is 1. The molecule has 0 fully saturated rings. The van der Waals surface area contributed by atoms with Crippen LogP contribution in [0.15, 0.2) is 41.3 Å². The summed E-state index contributed by atoms with van der Waals surface area (Å²) in [6.45, 7) is 5.19. The Kier molecular flexibility index (Phi) is 3.36. The fourth-order valence-corrected chi connectivity index (χ4v) is 3.72. The lowest BCUT2D eigenvalue weighted by molar-refractivity contribution is 0.618. The zero-order valence-corrected chi connectivity index (χ0v) is 16.0. The van der Waals surface area contributed by atoms with Crippen molar-refractivity contribution in [2.24, 2.45) is 0 Å². The summed E-state index contributed by atoms with van der Waals surface area (Å²) in [5, 5.41) is 9.19. The van der Waals surface area contributed by atoms with E-state index in [1.54, 1.807) is 0 Å². The third-order valence-electron chi connectivity index (χ3n) is 4.63. The highest BCUT2D eigenvalue weighted by Gasteiger charge is 2.24. The Bertz CT molecular complexity index is 1130. The Balaban J connectivity index is 1.67. The average Bonchev–Trinajstić information content (AvgIpc) is 3.28. The van der Waals surface area contributed by atoms with E-state index in [0.717, 1.165) is 44.5 Å². The number of aryl methyl sites for hydroxylation is 2. The van der Waals surface area contributed by atoms with E-state index in [4.69, 9.17) is 10.1 Å². The second kappa shape index (κ2) is 5.63. The molecule has 1 aromatic carbocycles. The second-order valence-corrected chi connectivity index (χ2v) is 7.39. The van der Waals surface area contributed by atoms with Crippen molar-refractivity contribution in [3.8, 4) is 17.1 Å². The second-order valence-electron chi connectivity index (χ2n) is 6.47. The number of halogens is 1. The Hall–Kier alpha value is -2.74. The quantitative estimate of drug-likeness (QED) is 0.449. The van der Waals surface area contributed by atoms with Crippen molar-refractivity contribution >= 4 is 15.9 Å². The van der Waals surface area contributed by atoms with E-state index in [1.807, 2.05) is 47.9 Å². The van der Waals surface area contributed by atoms with E-state index in [2.05, 4.69) is 42.7 Å². The molecule has 0 unspecified atom stereocenters. The van der Waals surface area contributed by atoms with E-state index in [1.165, 1.54) is 0 Å². The van der Waals surface area contributed by atoms with Gasteiger partial charge in [-0.2, -0.15) is 10.2 Å². The van der Waals surface area contributed by atoms with Crippen LogP contribution in [0.5, 0.6) is 0 Å². The third-order valence-corrected chi connectivity index (χ3v) is 5.12. The minimum absolute atomic E-state index is 0.551. The van der Waals surface area contributed by atoms with Crippen LogP contribution in [0.25, 0.3) is 17.1 Å². The van der Waals surface area contributed by atoms with Gasteiger partial charge in [-0.3, -0.25) is 4.68 Å². The molecule has 4 heterocycles. The molecule has 26 heavy (non-hydrogen) atoms. The Morgan fingerprint density at radius 1 is 1.15 bits per heavy atom. The van der Waals surface area contributed by atoms with Gasteiger partial charge >= 0.3 is 0 Å². The van der Waals surface area contributed by atoms with Gasteiger partial charge < -0.3 is 4.57 Å². The summed E-state index contributed by atoms with van der Waals surface area (Å²) in [5.74, 6) is 1.61. The Labute approximate surface area is 158 Å². The van der Waals surface area contributed by atoms with Crippen molar-refractivity contribution in [1.29, 1.82) is 0 Å². The number of aromatic nitrogens is 7. The SMILES string of the molecule is Cc1ccn(Cc2nc3n(n2)Cc2c(C)ncn2-c2ccc(Br)cc2-3)n1. The first-order valence-electron chi connectivity index (χ1n) is 8.35. The highest BCUT2D eigenvalue weighted by Crippen LogP contribution is 2.33. The molecular formula is C18H16BrN7. The lowest BCUT2D eigenvalue weighted by atomic mass is 10.1. The number of hydrogen-bond acceptors (Lipinski definition) is 4. The predicted octanol–water partition coefficient (Wildman–Crippen LogP) is 3.12. The molecule has 3 aromatic heterocycles. The smallest absolute Gasteiger partial charge is 0.172 e. The zero-order chi connectivity index (χ0) is 17.8. The first kappa shape index (κ1) is 15.5. The van der Waals surface area contributed by atoms with Crippen LogP contribution < -0.4 is 0 Å². The average molecular weight is 410 g/mol. The van der Waals surface area contributed by atoms with Gasteiger partial charge in [-0.15, -0.1) is 0 Å². The van der Waals surface area contributed by atoms with E-state index in [-0.39, 0.29) is 0 Å². The van der Waals surface area contributed by atoms with Crippen molar-refractivity contribution in [1.82, 2.24) is 34.1 Å². The normalized spacial score (nSPS) is 12.4. The molecule has 0 aliphatic carbocycles. The van der Waals surface area contributed by atoms with Gasteiger partial charge in [0.1, 0.15) is 6.54 Å². The standard InChI is InChI=1S/C18H16BrN7/c1-11-5-6-24(22-11)9-17-21-18-14-7-13(19)3-4-15(14)25-10-20-12(2)16(25)8-26(18)23-17/h3-7,10H,8-9H2,1-2H3. The molecule has 0 radical (unpaired) electrons. The monoisotopic (exact) mass is 409 g/mol. The Morgan fingerprint density at radius 3 is 2.85 bits per heavy atom. The number of rotatable bonds is 2. The highest BCUT2D eigenvalue weighted by atomic mass is 79.9. The fourth-order valence-electron chi connectivity index (χ4n) is 3.36. The molecule has 1 aliphatic rings. The van der Waals surface area contributed by atoms with Gasteiger partial charge in [0.25, 0.3) is 0 Å². The van der Waals surface area contributed by atoms with Crippen LogP contribution in [0.3, 0.4) is 0 Å². The topological polar surface area (TPSA) is 66.3 Å². The van der Waals surface area contributed by atoms with Crippen molar-refractivity contribution in [2.75, 3.05) is 0 Å². The summed E-state index contributed by atoms with van der Waals surface area (Å²) in [6.07, 6.45) is 3.82. The van der Waals surface area contributed by atoms with E-state index < -0.39 is 0 Å². The van der Waals surface area contributed by atoms with Gasteiger partial charge in [-0.25, -0.2) is 14.6 Å². The van der Waals surface area contributed by atoms with Crippen LogP contribution in [-0.2, 0) is 13.1 Å². The van der Waals surface area contributed by atoms with Crippen LogP contribution in [-0.4, -0.2) is 34.1 Å². The fraction of sp³-hybridized carbons (Fsp3) is 0.222. The van der Waals surface area contributed by atoms with Gasteiger partial charge in [0.15, 0.2) is 11.6 Å². The number of nitrogens with zero attached hydrogens (tertiary/aromatic N) is 7. The molecule has 5 rings (SSSR count). The first-order chi connectivity index (χ1) is 12.6. The molecule has 0 amide bonds. The first-order valence-corrected chi connectivity index (χ1v) is 9.15. The number of fused-ring (bicyclic) bond motifs is 5. The molecule has 4 aromatic rings. The molecule has 7 nitrogen and oxygen atoms in total. The molecule has 8 heteroatoms. The third kappa shape index (κ3) is 2.40. The molecule has 130 valence electrons. The lowest BCUT2D eigenvalue weighted by Gasteiger charge is -2.08. The molecule has 1 aliphatic heterocycles. The van der Waals surface area contributed by atoms with Gasteiger partial charge in [0.2, 0.25) is 0 Å². The highest BCUT2D eigenvalue weighted by molar-refractivity contribution is 9.10. The maximum atomic E-state index is 4.83. The van der Waals surface area contributed by atoms with Crippen LogP contribution in [0.4, 0.5) is 0 Å². The van der Waals surface area contributed by atoms with Gasteiger partial charge in [0, 0.05) is 16.2 Å². The summed E-state index contributed by atoms with van der Waals surface area (Å²) in [5.41, 5.74) is 5.21. The van der Waals surface area contributed by atoms with Crippen LogP contribution in [0.2, 0.25) is 0 Å². The van der Waals surface area contributed by atoms with Crippen LogP contribution in [0.1, 0.15) is 22.9 Å². The summed E-state index contributed by atoms with van der Waals surface area (Å²) in [7, 11) is 0. The molecule has 0 bridgehead atoms. The summed E-state index contributed by atoms with van der Waals surface area (Å²) in [6, 6.07) is 8.19. The van der Waals surface area contributed by atoms with Crippen molar-refractivity contribution in [3.05, 3.63) is 64.2 Å². The summed E-state index contributed by atoms with van der Waals surface area (Å²) < 4.78 is 6.96. The minimum atomic E-state index is 0.551. The molecular weight excluding hydrogens is 394 g/mol. The number of hydrogen-bond donors (Lipinski definition) is 0. The largest absolute Gasteiger partial charge is 0.300 e. The van der Waals surface area contributed by atoms with Crippen LogP contribution >= 0.6 is 15.9 Å². The minimum Gasteiger partial charge on any atom is -0.300 e. The molecule has 0 saturated carbocycles. The number of imidazole rings is 1. The predicted molar refractivity (Wildman–Crippen MR) is 100 cm³/mol. The summed E-state index contributed by atoms with van der Waals surface area (Å²) in [4.78, 5) is 9.31.